The summed E-state index contributed by atoms with van der Waals surface area (Å²) in [6.07, 6.45) is 1.73. The number of anilines is 1. The van der Waals surface area contributed by atoms with Crippen molar-refractivity contribution in [3.63, 3.8) is 0 Å². The minimum Gasteiger partial charge on any atom is -0.494 e. The fourth-order valence-corrected chi connectivity index (χ4v) is 1.90. The van der Waals surface area contributed by atoms with E-state index in [1.807, 2.05) is 44.2 Å². The fraction of sp³-hybridized carbons (Fsp3) is 0.267. The van der Waals surface area contributed by atoms with Crippen LogP contribution in [0.2, 0.25) is 5.15 Å². The number of aromatic nitrogens is 1. The van der Waals surface area contributed by atoms with Crippen LogP contribution in [0.15, 0.2) is 36.5 Å². The highest BCUT2D eigenvalue weighted by Gasteiger charge is 2.03. The lowest BCUT2D eigenvalue weighted by Crippen LogP contribution is -2.03. The van der Waals surface area contributed by atoms with E-state index < -0.39 is 0 Å². The molecule has 1 heterocycles. The van der Waals surface area contributed by atoms with Crippen LogP contribution < -0.4 is 10.1 Å². The number of rotatable bonds is 5. The molecule has 2 rings (SSSR count). The summed E-state index contributed by atoms with van der Waals surface area (Å²) < 4.78 is 5.59. The Morgan fingerprint density at radius 2 is 2.11 bits per heavy atom. The van der Waals surface area contributed by atoms with Gasteiger partial charge in [-0.3, -0.25) is 0 Å². The largest absolute Gasteiger partial charge is 0.494 e. The number of ether oxygens (including phenoxy) is 1. The van der Waals surface area contributed by atoms with Crippen LogP contribution in [0.3, 0.4) is 0 Å². The van der Waals surface area contributed by atoms with Gasteiger partial charge in [-0.2, -0.15) is 0 Å². The molecule has 1 aromatic heterocycles. The summed E-state index contributed by atoms with van der Waals surface area (Å²) in [5, 5.41) is 3.87. The summed E-state index contributed by atoms with van der Waals surface area (Å²) in [6, 6.07) is 9.99. The van der Waals surface area contributed by atoms with Crippen LogP contribution in [0.25, 0.3) is 0 Å². The van der Waals surface area contributed by atoms with E-state index in [2.05, 4.69) is 10.3 Å². The first-order valence-electron chi connectivity index (χ1n) is 6.27. The van der Waals surface area contributed by atoms with Crippen molar-refractivity contribution < 1.29 is 4.74 Å². The summed E-state index contributed by atoms with van der Waals surface area (Å²) in [4.78, 5) is 4.12. The second-order valence-electron chi connectivity index (χ2n) is 4.23. The average Bonchev–Trinajstić information content (AvgIpc) is 2.42. The van der Waals surface area contributed by atoms with Crippen molar-refractivity contribution in [2.75, 3.05) is 11.9 Å². The Morgan fingerprint density at radius 1 is 1.32 bits per heavy atom. The number of benzene rings is 1. The molecule has 4 heteroatoms. The molecule has 2 aromatic rings. The molecule has 0 unspecified atom stereocenters. The number of halogens is 1. The molecule has 100 valence electrons. The van der Waals surface area contributed by atoms with Gasteiger partial charge >= 0.3 is 0 Å². The molecule has 0 atom stereocenters. The van der Waals surface area contributed by atoms with Crippen LogP contribution in [0.5, 0.6) is 5.75 Å². The van der Waals surface area contributed by atoms with Crippen molar-refractivity contribution in [2.24, 2.45) is 0 Å². The molecule has 1 N–H and O–H groups in total. The van der Waals surface area contributed by atoms with Crippen molar-refractivity contribution in [3.05, 3.63) is 52.8 Å². The van der Waals surface area contributed by atoms with Gasteiger partial charge in [-0.15, -0.1) is 0 Å². The molecule has 0 aliphatic carbocycles. The molecule has 0 bridgehead atoms. The van der Waals surface area contributed by atoms with Gasteiger partial charge < -0.3 is 10.1 Å². The highest BCUT2D eigenvalue weighted by molar-refractivity contribution is 6.30. The second-order valence-corrected chi connectivity index (χ2v) is 4.58. The highest BCUT2D eigenvalue weighted by atomic mass is 35.5. The predicted octanol–water partition coefficient (Wildman–Crippen LogP) is 4.05. The Labute approximate surface area is 118 Å². The topological polar surface area (TPSA) is 34.1 Å². The van der Waals surface area contributed by atoms with E-state index in [0.717, 1.165) is 22.6 Å². The summed E-state index contributed by atoms with van der Waals surface area (Å²) in [5.41, 5.74) is 3.04. The lowest BCUT2D eigenvalue weighted by Gasteiger charge is -2.12. The van der Waals surface area contributed by atoms with Gasteiger partial charge in [-0.1, -0.05) is 29.8 Å². The van der Waals surface area contributed by atoms with Crippen LogP contribution >= 0.6 is 11.6 Å². The molecule has 3 nitrogen and oxygen atoms in total. The number of hydrogen-bond acceptors (Lipinski definition) is 3. The standard InChI is InChI=1S/C15H17ClN2O/c1-3-19-14-7-5-4-6-12(14)9-17-13-8-11(2)15(16)18-10-13/h4-8,10,17H,3,9H2,1-2H3. The molecule has 0 amide bonds. The molecule has 0 saturated heterocycles. The van der Waals surface area contributed by atoms with E-state index in [9.17, 15) is 0 Å². The fourth-order valence-electron chi connectivity index (χ4n) is 1.80. The van der Waals surface area contributed by atoms with Gasteiger partial charge in [0.15, 0.2) is 0 Å². The average molecular weight is 277 g/mol. The summed E-state index contributed by atoms with van der Waals surface area (Å²) in [5.74, 6) is 0.913. The van der Waals surface area contributed by atoms with Crippen LogP contribution in [0.4, 0.5) is 5.69 Å². The zero-order valence-corrected chi connectivity index (χ0v) is 11.9. The van der Waals surface area contributed by atoms with E-state index in [-0.39, 0.29) is 0 Å². The van der Waals surface area contributed by atoms with E-state index in [1.165, 1.54) is 0 Å². The number of aryl methyl sites for hydroxylation is 1. The Morgan fingerprint density at radius 3 is 2.84 bits per heavy atom. The van der Waals surface area contributed by atoms with Crippen LogP contribution in [0.1, 0.15) is 18.1 Å². The van der Waals surface area contributed by atoms with E-state index in [1.54, 1.807) is 6.20 Å². The normalized spacial score (nSPS) is 10.3. The molecule has 0 aliphatic rings. The van der Waals surface area contributed by atoms with Gasteiger partial charge in [0.05, 0.1) is 18.5 Å². The van der Waals surface area contributed by atoms with Crippen molar-refractivity contribution in [3.8, 4) is 5.75 Å². The lowest BCUT2D eigenvalue weighted by atomic mass is 10.2. The third kappa shape index (κ3) is 3.61. The van der Waals surface area contributed by atoms with Gasteiger partial charge in [0, 0.05) is 12.1 Å². The van der Waals surface area contributed by atoms with Crippen LogP contribution in [0, 0.1) is 6.92 Å². The van der Waals surface area contributed by atoms with Crippen molar-refractivity contribution in [2.45, 2.75) is 20.4 Å². The Balaban J connectivity index is 2.07. The SMILES string of the molecule is CCOc1ccccc1CNc1cnc(Cl)c(C)c1. The van der Waals surface area contributed by atoms with E-state index in [4.69, 9.17) is 16.3 Å². The van der Waals surface area contributed by atoms with E-state index in [0.29, 0.717) is 18.3 Å². The minimum atomic E-state index is 0.542. The van der Waals surface area contributed by atoms with Crippen molar-refractivity contribution in [1.29, 1.82) is 0 Å². The number of para-hydroxylation sites is 1. The third-order valence-electron chi connectivity index (χ3n) is 2.77. The molecule has 0 radical (unpaired) electrons. The van der Waals surface area contributed by atoms with Crippen LogP contribution in [-0.2, 0) is 6.54 Å². The quantitative estimate of drug-likeness (QED) is 0.837. The van der Waals surface area contributed by atoms with Gasteiger partial charge in [-0.05, 0) is 31.5 Å². The number of pyridine rings is 1. The maximum atomic E-state index is 5.91. The highest BCUT2D eigenvalue weighted by Crippen LogP contribution is 2.21. The van der Waals surface area contributed by atoms with Gasteiger partial charge in [-0.25, -0.2) is 4.98 Å². The molecule has 1 aromatic carbocycles. The zero-order valence-electron chi connectivity index (χ0n) is 11.1. The smallest absolute Gasteiger partial charge is 0.132 e. The molecule has 19 heavy (non-hydrogen) atoms. The first-order valence-corrected chi connectivity index (χ1v) is 6.65. The molecular formula is C15H17ClN2O. The predicted molar refractivity (Wildman–Crippen MR) is 78.9 cm³/mol. The first kappa shape index (κ1) is 13.7. The summed E-state index contributed by atoms with van der Waals surface area (Å²) in [7, 11) is 0. The van der Waals surface area contributed by atoms with Crippen molar-refractivity contribution in [1.82, 2.24) is 4.98 Å². The molecule has 0 aliphatic heterocycles. The molecular weight excluding hydrogens is 260 g/mol. The molecule has 0 saturated carbocycles. The number of nitrogens with one attached hydrogen (secondary N) is 1. The summed E-state index contributed by atoms with van der Waals surface area (Å²) >= 11 is 5.91. The maximum absolute atomic E-state index is 5.91. The van der Waals surface area contributed by atoms with Crippen LogP contribution in [-0.4, -0.2) is 11.6 Å². The maximum Gasteiger partial charge on any atom is 0.132 e. The Kier molecular flexibility index (Phi) is 4.63. The van der Waals surface area contributed by atoms with Gasteiger partial charge in [0.2, 0.25) is 0 Å². The van der Waals surface area contributed by atoms with Gasteiger partial charge in [0.25, 0.3) is 0 Å². The zero-order chi connectivity index (χ0) is 13.7. The Hall–Kier alpha value is -1.74. The second kappa shape index (κ2) is 6.43. The van der Waals surface area contributed by atoms with Gasteiger partial charge in [0.1, 0.15) is 10.9 Å². The summed E-state index contributed by atoms with van der Waals surface area (Å²) in [6.45, 7) is 5.28. The number of nitrogens with zero attached hydrogens (tertiary/aromatic N) is 1. The first-order chi connectivity index (χ1) is 9.20. The molecule has 0 fully saturated rings. The molecule has 0 spiro atoms. The monoisotopic (exact) mass is 276 g/mol. The minimum absolute atomic E-state index is 0.542. The number of hydrogen-bond donors (Lipinski definition) is 1. The van der Waals surface area contributed by atoms with E-state index >= 15 is 0 Å². The lowest BCUT2D eigenvalue weighted by molar-refractivity contribution is 0.337. The third-order valence-corrected chi connectivity index (χ3v) is 3.17. The Bertz CT molecular complexity index is 558. The van der Waals surface area contributed by atoms with Crippen molar-refractivity contribution >= 4 is 17.3 Å².